The minimum Gasteiger partial charge on any atom is -0.481 e. The van der Waals surface area contributed by atoms with Crippen LogP contribution in [0.3, 0.4) is 0 Å². The monoisotopic (exact) mass is 323 g/mol. The molecule has 0 saturated carbocycles. The summed E-state index contributed by atoms with van der Waals surface area (Å²) >= 11 is 11.8. The van der Waals surface area contributed by atoms with Crippen LogP contribution in [-0.4, -0.2) is 12.0 Å². The van der Waals surface area contributed by atoms with Gasteiger partial charge in [-0.05, 0) is 36.8 Å². The summed E-state index contributed by atoms with van der Waals surface area (Å²) in [5.74, 6) is 0.420. The van der Waals surface area contributed by atoms with Gasteiger partial charge in [0.15, 0.2) is 6.10 Å². The van der Waals surface area contributed by atoms with Gasteiger partial charge in [-0.2, -0.15) is 0 Å². The van der Waals surface area contributed by atoms with Gasteiger partial charge in [-0.3, -0.25) is 4.79 Å². The Balaban J connectivity index is 2.06. The fourth-order valence-electron chi connectivity index (χ4n) is 1.83. The third-order valence-corrected chi connectivity index (χ3v) is 3.25. The second kappa shape index (κ2) is 7.34. The highest BCUT2D eigenvalue weighted by atomic mass is 35.5. The number of hydrogen-bond donors (Lipinski definition) is 1. The minimum absolute atomic E-state index is 0.236. The summed E-state index contributed by atoms with van der Waals surface area (Å²) in [4.78, 5) is 12.2. The molecule has 0 aliphatic carbocycles. The van der Waals surface area contributed by atoms with E-state index in [2.05, 4.69) is 5.32 Å². The van der Waals surface area contributed by atoms with Gasteiger partial charge >= 0.3 is 0 Å². The van der Waals surface area contributed by atoms with Gasteiger partial charge in [0.2, 0.25) is 0 Å². The highest BCUT2D eigenvalue weighted by molar-refractivity contribution is 6.35. The van der Waals surface area contributed by atoms with Crippen molar-refractivity contribution in [1.29, 1.82) is 0 Å². The predicted molar refractivity (Wildman–Crippen MR) is 86.2 cm³/mol. The molecular formula is C16H15Cl2NO2. The Labute approximate surface area is 133 Å². The van der Waals surface area contributed by atoms with E-state index in [0.717, 1.165) is 0 Å². The number of carbonyl (C=O) groups excluding carboxylic acids is 1. The topological polar surface area (TPSA) is 38.3 Å². The number of benzene rings is 2. The lowest BCUT2D eigenvalue weighted by molar-refractivity contribution is -0.122. The lowest BCUT2D eigenvalue weighted by Crippen LogP contribution is -2.32. The fraction of sp³-hybridized carbons (Fsp3) is 0.188. The van der Waals surface area contributed by atoms with E-state index >= 15 is 0 Å². The number of nitrogens with one attached hydrogen (secondary N) is 1. The second-order valence-electron chi connectivity index (χ2n) is 4.48. The molecule has 0 aliphatic heterocycles. The number of carbonyl (C=O) groups is 1. The van der Waals surface area contributed by atoms with Crippen molar-refractivity contribution in [1.82, 2.24) is 0 Å². The molecule has 2 rings (SSSR count). The third-order valence-electron chi connectivity index (χ3n) is 2.81. The second-order valence-corrected chi connectivity index (χ2v) is 5.35. The molecule has 21 heavy (non-hydrogen) atoms. The zero-order valence-corrected chi connectivity index (χ0v) is 13.0. The molecule has 5 heteroatoms. The summed E-state index contributed by atoms with van der Waals surface area (Å²) in [6.45, 7) is 1.89. The number of anilines is 1. The Kier molecular flexibility index (Phi) is 5.48. The highest BCUT2D eigenvalue weighted by Gasteiger charge is 2.18. The molecular weight excluding hydrogens is 309 g/mol. The van der Waals surface area contributed by atoms with Crippen LogP contribution < -0.4 is 10.1 Å². The molecule has 0 unspecified atom stereocenters. The maximum atomic E-state index is 12.2. The van der Waals surface area contributed by atoms with E-state index in [1.165, 1.54) is 0 Å². The minimum atomic E-state index is -0.579. The van der Waals surface area contributed by atoms with Crippen molar-refractivity contribution in [2.45, 2.75) is 19.4 Å². The zero-order chi connectivity index (χ0) is 15.2. The van der Waals surface area contributed by atoms with Crippen molar-refractivity contribution in [2.24, 2.45) is 0 Å². The normalized spacial score (nSPS) is 11.8. The van der Waals surface area contributed by atoms with Crippen LogP contribution in [0.4, 0.5) is 5.69 Å². The van der Waals surface area contributed by atoms with Crippen LogP contribution in [0.5, 0.6) is 5.75 Å². The van der Waals surface area contributed by atoms with Crippen molar-refractivity contribution in [2.75, 3.05) is 5.32 Å². The van der Waals surface area contributed by atoms with E-state index < -0.39 is 6.10 Å². The van der Waals surface area contributed by atoms with Gasteiger partial charge in [0, 0.05) is 15.7 Å². The first kappa shape index (κ1) is 15.7. The van der Waals surface area contributed by atoms with Crippen LogP contribution in [-0.2, 0) is 4.79 Å². The Morgan fingerprint density at radius 3 is 2.33 bits per heavy atom. The van der Waals surface area contributed by atoms with Crippen LogP contribution in [0.25, 0.3) is 0 Å². The van der Waals surface area contributed by atoms with E-state index in [4.69, 9.17) is 27.9 Å². The van der Waals surface area contributed by atoms with Crippen molar-refractivity contribution in [3.63, 3.8) is 0 Å². The quantitative estimate of drug-likeness (QED) is 0.859. The smallest absolute Gasteiger partial charge is 0.265 e. The lowest BCUT2D eigenvalue weighted by Gasteiger charge is -2.17. The number of amides is 1. The van der Waals surface area contributed by atoms with Crippen LogP contribution in [0.15, 0.2) is 48.5 Å². The number of halogens is 2. The number of ether oxygens (including phenoxy) is 1. The Bertz CT molecular complexity index is 597. The number of para-hydroxylation sites is 1. The fourth-order valence-corrected chi connectivity index (χ4v) is 2.36. The average Bonchev–Trinajstić information content (AvgIpc) is 2.44. The summed E-state index contributed by atoms with van der Waals surface area (Å²) in [5.41, 5.74) is 0.549. The largest absolute Gasteiger partial charge is 0.481 e. The van der Waals surface area contributed by atoms with Crippen LogP contribution in [0.2, 0.25) is 10.0 Å². The molecule has 1 amide bonds. The molecule has 1 N–H and O–H groups in total. The number of hydrogen-bond acceptors (Lipinski definition) is 2. The molecule has 0 heterocycles. The molecule has 0 spiro atoms. The predicted octanol–water partition coefficient (Wildman–Crippen LogP) is 4.79. The van der Waals surface area contributed by atoms with Crippen LogP contribution in [0, 0.1) is 0 Å². The summed E-state index contributed by atoms with van der Waals surface area (Å²) in [7, 11) is 0. The molecule has 0 fully saturated rings. The molecule has 0 bridgehead atoms. The van der Waals surface area contributed by atoms with Crippen molar-refractivity contribution in [3.05, 3.63) is 58.6 Å². The van der Waals surface area contributed by atoms with E-state index in [1.807, 2.05) is 37.3 Å². The van der Waals surface area contributed by atoms with E-state index in [-0.39, 0.29) is 5.91 Å². The third kappa shape index (κ3) is 4.66. The van der Waals surface area contributed by atoms with Gasteiger partial charge < -0.3 is 10.1 Å². The van der Waals surface area contributed by atoms with Gasteiger partial charge in [0.05, 0.1) is 0 Å². The first-order valence-corrected chi connectivity index (χ1v) is 7.32. The molecule has 0 aliphatic rings. The van der Waals surface area contributed by atoms with Gasteiger partial charge in [0.1, 0.15) is 5.75 Å². The van der Waals surface area contributed by atoms with Crippen molar-refractivity contribution in [3.8, 4) is 5.75 Å². The van der Waals surface area contributed by atoms with Crippen LogP contribution in [0.1, 0.15) is 13.3 Å². The molecule has 2 aromatic carbocycles. The average molecular weight is 324 g/mol. The first-order chi connectivity index (χ1) is 10.1. The summed E-state index contributed by atoms with van der Waals surface area (Å²) in [6, 6.07) is 14.1. The SMILES string of the molecule is CC[C@@H](Oc1ccccc1)C(=O)Nc1cc(Cl)cc(Cl)c1. The molecule has 110 valence electrons. The summed E-state index contributed by atoms with van der Waals surface area (Å²) in [5, 5.41) is 3.70. The molecule has 1 atom stereocenters. The Hall–Kier alpha value is -1.71. The Morgan fingerprint density at radius 2 is 1.76 bits per heavy atom. The summed E-state index contributed by atoms with van der Waals surface area (Å²) in [6.07, 6.45) is -0.0279. The van der Waals surface area contributed by atoms with Crippen molar-refractivity contribution >= 4 is 34.8 Å². The van der Waals surface area contributed by atoms with Crippen LogP contribution >= 0.6 is 23.2 Å². The molecule has 3 nitrogen and oxygen atoms in total. The number of rotatable bonds is 5. The highest BCUT2D eigenvalue weighted by Crippen LogP contribution is 2.23. The van der Waals surface area contributed by atoms with E-state index in [9.17, 15) is 4.79 Å². The zero-order valence-electron chi connectivity index (χ0n) is 11.5. The van der Waals surface area contributed by atoms with Gasteiger partial charge in [-0.25, -0.2) is 0 Å². The van der Waals surface area contributed by atoms with E-state index in [0.29, 0.717) is 27.9 Å². The summed E-state index contributed by atoms with van der Waals surface area (Å²) < 4.78 is 5.68. The first-order valence-electron chi connectivity index (χ1n) is 6.57. The Morgan fingerprint density at radius 1 is 1.14 bits per heavy atom. The maximum Gasteiger partial charge on any atom is 0.265 e. The molecule has 0 aromatic heterocycles. The maximum absolute atomic E-state index is 12.2. The molecule has 2 aromatic rings. The van der Waals surface area contributed by atoms with Gasteiger partial charge in [-0.15, -0.1) is 0 Å². The van der Waals surface area contributed by atoms with Gasteiger partial charge in [-0.1, -0.05) is 48.3 Å². The lowest BCUT2D eigenvalue weighted by atomic mass is 10.2. The molecule has 0 radical (unpaired) electrons. The van der Waals surface area contributed by atoms with Crippen molar-refractivity contribution < 1.29 is 9.53 Å². The van der Waals surface area contributed by atoms with Gasteiger partial charge in [0.25, 0.3) is 5.91 Å². The standard InChI is InChI=1S/C16H15Cl2NO2/c1-2-15(21-14-6-4-3-5-7-14)16(20)19-13-9-11(17)8-12(18)10-13/h3-10,15H,2H2,1H3,(H,19,20)/t15-/m1/s1. The molecule has 0 saturated heterocycles. The van der Waals surface area contributed by atoms with E-state index in [1.54, 1.807) is 18.2 Å².